The molecular formula is C21H25N3O3S. The molecule has 4 N–H and O–H groups in total. The molecule has 0 fully saturated rings. The highest BCUT2D eigenvalue weighted by atomic mass is 32.1. The lowest BCUT2D eigenvalue weighted by atomic mass is 9.88. The first kappa shape index (κ1) is 20.1. The zero-order valence-corrected chi connectivity index (χ0v) is 16.9. The molecule has 0 unspecified atom stereocenters. The quantitative estimate of drug-likeness (QED) is 0.695. The van der Waals surface area contributed by atoms with Crippen molar-refractivity contribution in [1.29, 1.82) is 0 Å². The average Bonchev–Trinajstić information content (AvgIpc) is 2.98. The van der Waals surface area contributed by atoms with Gasteiger partial charge < -0.3 is 16.4 Å². The Balaban J connectivity index is 1.80. The van der Waals surface area contributed by atoms with E-state index in [1.54, 1.807) is 0 Å². The fraction of sp³-hybridized carbons (Fsp3) is 0.381. The Bertz CT molecular complexity index is 892. The van der Waals surface area contributed by atoms with Crippen LogP contribution in [0.3, 0.4) is 0 Å². The first-order valence-corrected chi connectivity index (χ1v) is 10.2. The fourth-order valence-electron chi connectivity index (χ4n) is 3.65. The number of primary amides is 1. The molecule has 3 amide bonds. The number of benzene rings is 1. The molecule has 1 aliphatic rings. The van der Waals surface area contributed by atoms with Crippen molar-refractivity contribution in [2.45, 2.75) is 45.6 Å². The van der Waals surface area contributed by atoms with Gasteiger partial charge in [0, 0.05) is 11.8 Å². The maximum Gasteiger partial charge on any atom is 0.251 e. The van der Waals surface area contributed by atoms with Gasteiger partial charge in [-0.15, -0.1) is 11.3 Å². The maximum atomic E-state index is 12.7. The summed E-state index contributed by atoms with van der Waals surface area (Å²) in [6.45, 7) is 3.61. The molecule has 6 nitrogen and oxygen atoms in total. The molecule has 2 atom stereocenters. The number of carbonyl (C=O) groups is 3. The molecule has 0 saturated carbocycles. The topological polar surface area (TPSA) is 101 Å². The zero-order valence-electron chi connectivity index (χ0n) is 16.1. The molecule has 0 spiro atoms. The van der Waals surface area contributed by atoms with Crippen molar-refractivity contribution in [3.05, 3.63) is 51.9 Å². The second-order valence-electron chi connectivity index (χ2n) is 7.34. The summed E-state index contributed by atoms with van der Waals surface area (Å²) in [7, 11) is 0. The van der Waals surface area contributed by atoms with Gasteiger partial charge in [-0.05, 0) is 36.3 Å². The zero-order chi connectivity index (χ0) is 20.3. The van der Waals surface area contributed by atoms with E-state index in [1.165, 1.54) is 18.3 Å². The Morgan fingerprint density at radius 2 is 1.96 bits per heavy atom. The molecule has 0 bridgehead atoms. The van der Waals surface area contributed by atoms with Crippen molar-refractivity contribution in [3.8, 4) is 0 Å². The third-order valence-corrected chi connectivity index (χ3v) is 6.15. The third kappa shape index (κ3) is 4.59. The molecule has 1 aromatic carbocycles. The van der Waals surface area contributed by atoms with E-state index in [0.717, 1.165) is 35.3 Å². The van der Waals surface area contributed by atoms with Crippen LogP contribution in [-0.4, -0.2) is 17.7 Å². The van der Waals surface area contributed by atoms with Crippen LogP contribution < -0.4 is 16.4 Å². The summed E-state index contributed by atoms with van der Waals surface area (Å²) in [4.78, 5) is 37.5. The molecule has 7 heteroatoms. The van der Waals surface area contributed by atoms with Crippen molar-refractivity contribution >= 4 is 34.1 Å². The van der Waals surface area contributed by atoms with Gasteiger partial charge in [0.1, 0.15) is 5.00 Å². The first-order valence-electron chi connectivity index (χ1n) is 9.41. The molecule has 0 saturated heterocycles. The predicted molar refractivity (Wildman–Crippen MR) is 110 cm³/mol. The van der Waals surface area contributed by atoms with Gasteiger partial charge in [-0.3, -0.25) is 14.4 Å². The number of anilines is 1. The minimum atomic E-state index is -0.510. The van der Waals surface area contributed by atoms with Crippen LogP contribution >= 0.6 is 11.3 Å². The van der Waals surface area contributed by atoms with Gasteiger partial charge in [0.25, 0.3) is 5.91 Å². The first-order chi connectivity index (χ1) is 13.3. The van der Waals surface area contributed by atoms with E-state index in [9.17, 15) is 14.4 Å². The number of hydrogen-bond donors (Lipinski definition) is 3. The summed E-state index contributed by atoms with van der Waals surface area (Å²) in [6.07, 6.45) is 2.78. The number of fused-ring (bicyclic) bond motifs is 1. The Labute approximate surface area is 168 Å². The van der Waals surface area contributed by atoms with Gasteiger partial charge in [-0.25, -0.2) is 0 Å². The van der Waals surface area contributed by atoms with Gasteiger partial charge in [-0.2, -0.15) is 0 Å². The minimum absolute atomic E-state index is 0.0702. The van der Waals surface area contributed by atoms with Crippen LogP contribution in [0.25, 0.3) is 0 Å². The van der Waals surface area contributed by atoms with E-state index < -0.39 is 11.9 Å². The van der Waals surface area contributed by atoms with Crippen molar-refractivity contribution in [2.24, 2.45) is 11.7 Å². The van der Waals surface area contributed by atoms with Crippen LogP contribution in [0.15, 0.2) is 30.3 Å². The highest BCUT2D eigenvalue weighted by molar-refractivity contribution is 7.17. The van der Waals surface area contributed by atoms with Crippen LogP contribution in [-0.2, 0) is 22.4 Å². The average molecular weight is 400 g/mol. The summed E-state index contributed by atoms with van der Waals surface area (Å²) in [5, 5.41) is 6.20. The van der Waals surface area contributed by atoms with Crippen molar-refractivity contribution < 1.29 is 14.4 Å². The van der Waals surface area contributed by atoms with Gasteiger partial charge in [0.15, 0.2) is 0 Å². The van der Waals surface area contributed by atoms with Crippen molar-refractivity contribution in [2.75, 3.05) is 5.32 Å². The molecule has 28 heavy (non-hydrogen) atoms. The Kier molecular flexibility index (Phi) is 6.14. The number of amides is 3. The molecule has 148 valence electrons. The smallest absolute Gasteiger partial charge is 0.251 e. The van der Waals surface area contributed by atoms with Gasteiger partial charge in [0.2, 0.25) is 11.8 Å². The third-order valence-electron chi connectivity index (χ3n) is 4.98. The van der Waals surface area contributed by atoms with Crippen LogP contribution in [0.1, 0.15) is 59.1 Å². The molecule has 2 aromatic rings. The molecule has 1 heterocycles. The molecule has 1 aliphatic carbocycles. The maximum absolute atomic E-state index is 12.7. The SMILES string of the molecule is CC(=O)N[C@@H](CC(=O)Nc1sc2c(c1C(N)=O)CC[C@@H](C)C2)c1ccccc1. The Hall–Kier alpha value is -2.67. The van der Waals surface area contributed by atoms with E-state index in [-0.39, 0.29) is 18.2 Å². The van der Waals surface area contributed by atoms with Crippen LogP contribution in [0, 0.1) is 5.92 Å². The van der Waals surface area contributed by atoms with Gasteiger partial charge in [0.05, 0.1) is 18.0 Å². The Morgan fingerprint density at radius 3 is 2.61 bits per heavy atom. The number of nitrogens with one attached hydrogen (secondary N) is 2. The lowest BCUT2D eigenvalue weighted by Crippen LogP contribution is -2.30. The molecule has 0 aliphatic heterocycles. The molecule has 1 aromatic heterocycles. The van der Waals surface area contributed by atoms with E-state index in [1.807, 2.05) is 30.3 Å². The number of carbonyl (C=O) groups excluding carboxylic acids is 3. The van der Waals surface area contributed by atoms with Gasteiger partial charge >= 0.3 is 0 Å². The number of hydrogen-bond acceptors (Lipinski definition) is 4. The standard InChI is InChI=1S/C21H25N3O3S/c1-12-8-9-15-17(10-12)28-21(19(15)20(22)27)24-18(26)11-16(23-13(2)25)14-6-4-3-5-7-14/h3-7,12,16H,8-11H2,1-2H3,(H2,22,27)(H,23,25)(H,24,26)/t12-,16+/m1/s1. The number of rotatable bonds is 6. The molecular weight excluding hydrogens is 374 g/mol. The van der Waals surface area contributed by atoms with Crippen molar-refractivity contribution in [3.63, 3.8) is 0 Å². The largest absolute Gasteiger partial charge is 0.365 e. The number of nitrogens with two attached hydrogens (primary N) is 1. The summed E-state index contributed by atoms with van der Waals surface area (Å²) < 4.78 is 0. The molecule has 0 radical (unpaired) electrons. The second-order valence-corrected chi connectivity index (χ2v) is 8.44. The monoisotopic (exact) mass is 399 g/mol. The van der Waals surface area contributed by atoms with Crippen LogP contribution in [0.2, 0.25) is 0 Å². The summed E-state index contributed by atoms with van der Waals surface area (Å²) in [5.74, 6) is -0.432. The van der Waals surface area contributed by atoms with Crippen molar-refractivity contribution in [1.82, 2.24) is 5.32 Å². The summed E-state index contributed by atoms with van der Waals surface area (Å²) in [6, 6.07) is 8.90. The second kappa shape index (κ2) is 8.56. The number of thiophene rings is 1. The predicted octanol–water partition coefficient (Wildman–Crippen LogP) is 3.18. The van der Waals surface area contributed by atoms with Crippen LogP contribution in [0.5, 0.6) is 0 Å². The minimum Gasteiger partial charge on any atom is -0.365 e. The van der Waals surface area contributed by atoms with Crippen LogP contribution in [0.4, 0.5) is 5.00 Å². The summed E-state index contributed by atoms with van der Waals surface area (Å²) in [5.41, 5.74) is 7.88. The van der Waals surface area contributed by atoms with Gasteiger partial charge in [-0.1, -0.05) is 37.3 Å². The molecule has 3 rings (SSSR count). The van der Waals surface area contributed by atoms with E-state index in [4.69, 9.17) is 5.73 Å². The fourth-order valence-corrected chi connectivity index (χ4v) is 5.08. The Morgan fingerprint density at radius 1 is 1.25 bits per heavy atom. The lowest BCUT2D eigenvalue weighted by Gasteiger charge is -2.18. The summed E-state index contributed by atoms with van der Waals surface area (Å²) >= 11 is 1.44. The van der Waals surface area contributed by atoms with E-state index in [2.05, 4.69) is 17.6 Å². The van der Waals surface area contributed by atoms with E-state index in [0.29, 0.717) is 16.5 Å². The highest BCUT2D eigenvalue weighted by Crippen LogP contribution is 2.39. The highest BCUT2D eigenvalue weighted by Gasteiger charge is 2.27. The van der Waals surface area contributed by atoms with E-state index >= 15 is 0 Å². The lowest BCUT2D eigenvalue weighted by molar-refractivity contribution is -0.120. The normalized spacial score (nSPS) is 16.7.